The van der Waals surface area contributed by atoms with Gasteiger partial charge in [0.1, 0.15) is 5.52 Å². The Balaban J connectivity index is 1.43. The van der Waals surface area contributed by atoms with Gasteiger partial charge < -0.3 is 15.8 Å². The number of nitrogens with zero attached hydrogens (tertiary/aromatic N) is 5. The van der Waals surface area contributed by atoms with Gasteiger partial charge in [0, 0.05) is 35.2 Å². The summed E-state index contributed by atoms with van der Waals surface area (Å²) >= 11 is 0. The zero-order valence-corrected chi connectivity index (χ0v) is 15.4. The second-order valence-electron chi connectivity index (χ2n) is 8.03. The van der Waals surface area contributed by atoms with E-state index in [1.807, 2.05) is 35.0 Å². The van der Waals surface area contributed by atoms with Crippen LogP contribution in [0.15, 0.2) is 42.9 Å². The molecule has 8 heteroatoms. The zero-order chi connectivity index (χ0) is 18.9. The molecule has 8 nitrogen and oxygen atoms in total. The fourth-order valence-electron chi connectivity index (χ4n) is 4.79. The Hall–Kier alpha value is -3.26. The molecule has 0 aliphatic heterocycles. The highest BCUT2D eigenvalue weighted by Crippen LogP contribution is 2.60. The van der Waals surface area contributed by atoms with E-state index in [1.54, 1.807) is 19.5 Å². The molecular weight excluding hydrogens is 354 g/mol. The number of benzene rings is 1. The zero-order valence-electron chi connectivity index (χ0n) is 15.4. The van der Waals surface area contributed by atoms with Gasteiger partial charge in [-0.15, -0.1) is 5.10 Å². The van der Waals surface area contributed by atoms with Crippen molar-refractivity contribution >= 4 is 22.5 Å². The summed E-state index contributed by atoms with van der Waals surface area (Å²) in [4.78, 5) is 13.4. The van der Waals surface area contributed by atoms with Crippen LogP contribution in [0.3, 0.4) is 0 Å². The minimum absolute atomic E-state index is 0.0286. The standard InChI is InChI=1S/C20H19N7O/c1-28-17-16-13(12-2-3-14-15(8-12)23-6-5-22-14)4-7-27(16)26-18(24-17)25-20-9-19(21,10-20)11-20/h2-8H,9-11,21H2,1H3,(H,25,26). The van der Waals surface area contributed by atoms with Crippen molar-refractivity contribution in [3.8, 4) is 17.0 Å². The molecule has 28 heavy (non-hydrogen) atoms. The van der Waals surface area contributed by atoms with Gasteiger partial charge in [-0.1, -0.05) is 6.07 Å². The van der Waals surface area contributed by atoms with Gasteiger partial charge in [-0.25, -0.2) is 4.52 Å². The average molecular weight is 373 g/mol. The number of aromatic nitrogens is 5. The molecule has 3 heterocycles. The lowest BCUT2D eigenvalue weighted by molar-refractivity contribution is -0.0324. The summed E-state index contributed by atoms with van der Waals surface area (Å²) < 4.78 is 7.42. The van der Waals surface area contributed by atoms with E-state index in [-0.39, 0.29) is 11.1 Å². The number of anilines is 1. The van der Waals surface area contributed by atoms with Gasteiger partial charge in [0.05, 0.1) is 18.1 Å². The van der Waals surface area contributed by atoms with E-state index in [4.69, 9.17) is 10.5 Å². The summed E-state index contributed by atoms with van der Waals surface area (Å²) in [7, 11) is 1.63. The summed E-state index contributed by atoms with van der Waals surface area (Å²) in [6.45, 7) is 0. The van der Waals surface area contributed by atoms with Crippen LogP contribution in [-0.2, 0) is 0 Å². The Kier molecular flexibility index (Phi) is 2.91. The van der Waals surface area contributed by atoms with Crippen LogP contribution < -0.4 is 15.8 Å². The molecule has 0 unspecified atom stereocenters. The van der Waals surface area contributed by atoms with Crippen LogP contribution in [0.25, 0.3) is 27.7 Å². The van der Waals surface area contributed by atoms with Crippen LogP contribution in [0.2, 0.25) is 0 Å². The number of hydrogen-bond donors (Lipinski definition) is 2. The second kappa shape index (κ2) is 5.17. The Labute approximate surface area is 160 Å². The normalized spacial score (nSPS) is 25.4. The molecule has 2 bridgehead atoms. The van der Waals surface area contributed by atoms with Crippen molar-refractivity contribution in [2.75, 3.05) is 12.4 Å². The number of fused-ring (bicyclic) bond motifs is 2. The fourth-order valence-corrected chi connectivity index (χ4v) is 4.79. The number of nitrogens with two attached hydrogens (primary N) is 1. The first kappa shape index (κ1) is 15.8. The highest BCUT2D eigenvalue weighted by Gasteiger charge is 2.66. The number of methoxy groups -OCH3 is 1. The first-order valence-electron chi connectivity index (χ1n) is 9.28. The molecule has 0 spiro atoms. The molecule has 7 rings (SSSR count). The van der Waals surface area contributed by atoms with Crippen LogP contribution >= 0.6 is 0 Å². The van der Waals surface area contributed by atoms with Crippen molar-refractivity contribution < 1.29 is 4.74 Å². The van der Waals surface area contributed by atoms with E-state index < -0.39 is 0 Å². The largest absolute Gasteiger partial charge is 0.479 e. The molecule has 4 aromatic rings. The van der Waals surface area contributed by atoms with E-state index in [0.29, 0.717) is 11.8 Å². The van der Waals surface area contributed by atoms with E-state index >= 15 is 0 Å². The maximum absolute atomic E-state index is 6.16. The summed E-state index contributed by atoms with van der Waals surface area (Å²) in [5, 5.41) is 8.12. The van der Waals surface area contributed by atoms with Gasteiger partial charge >= 0.3 is 0 Å². The van der Waals surface area contributed by atoms with E-state index in [9.17, 15) is 0 Å². The van der Waals surface area contributed by atoms with Gasteiger partial charge in [0.25, 0.3) is 0 Å². The molecular formula is C20H19N7O. The van der Waals surface area contributed by atoms with Gasteiger partial charge in [-0.3, -0.25) is 9.97 Å². The van der Waals surface area contributed by atoms with Crippen LogP contribution in [0.4, 0.5) is 5.95 Å². The quantitative estimate of drug-likeness (QED) is 0.566. The Morgan fingerprint density at radius 1 is 1.11 bits per heavy atom. The Morgan fingerprint density at radius 2 is 1.89 bits per heavy atom. The first-order chi connectivity index (χ1) is 13.6. The molecule has 140 valence electrons. The van der Waals surface area contributed by atoms with Crippen molar-refractivity contribution in [1.29, 1.82) is 0 Å². The summed E-state index contributed by atoms with van der Waals surface area (Å²) in [6, 6.07) is 8.03. The van der Waals surface area contributed by atoms with Crippen LogP contribution in [0, 0.1) is 0 Å². The lowest BCUT2D eigenvalue weighted by Crippen LogP contribution is -2.79. The van der Waals surface area contributed by atoms with E-state index in [0.717, 1.165) is 46.9 Å². The number of rotatable bonds is 4. The van der Waals surface area contributed by atoms with Crippen molar-refractivity contribution in [3.05, 3.63) is 42.9 Å². The van der Waals surface area contributed by atoms with Crippen molar-refractivity contribution in [3.63, 3.8) is 0 Å². The molecule has 0 atom stereocenters. The molecule has 0 amide bonds. The topological polar surface area (TPSA) is 103 Å². The van der Waals surface area contributed by atoms with Gasteiger partial charge in [0.15, 0.2) is 0 Å². The summed E-state index contributed by atoms with van der Waals surface area (Å²) in [5.74, 6) is 1.10. The molecule has 3 N–H and O–H groups in total. The number of ether oxygens (including phenoxy) is 1. The average Bonchev–Trinajstić information content (AvgIpc) is 3.09. The number of hydrogen-bond acceptors (Lipinski definition) is 7. The number of nitrogens with one attached hydrogen (secondary N) is 1. The monoisotopic (exact) mass is 373 g/mol. The molecule has 1 aromatic carbocycles. The maximum atomic E-state index is 6.16. The lowest BCUT2D eigenvalue weighted by Gasteiger charge is -2.68. The van der Waals surface area contributed by atoms with Crippen LogP contribution in [0.1, 0.15) is 19.3 Å². The van der Waals surface area contributed by atoms with Crippen LogP contribution in [0.5, 0.6) is 5.88 Å². The van der Waals surface area contributed by atoms with Crippen molar-refractivity contribution in [2.24, 2.45) is 5.73 Å². The molecule has 0 radical (unpaired) electrons. The predicted molar refractivity (Wildman–Crippen MR) is 105 cm³/mol. The van der Waals surface area contributed by atoms with E-state index in [1.165, 1.54) is 0 Å². The molecule has 3 aliphatic rings. The molecule has 3 aliphatic carbocycles. The lowest BCUT2D eigenvalue weighted by atomic mass is 9.45. The highest BCUT2D eigenvalue weighted by atomic mass is 16.5. The Morgan fingerprint density at radius 3 is 2.64 bits per heavy atom. The van der Waals surface area contributed by atoms with E-state index in [2.05, 4.69) is 25.4 Å². The second-order valence-corrected chi connectivity index (χ2v) is 8.03. The smallest absolute Gasteiger partial charge is 0.244 e. The minimum Gasteiger partial charge on any atom is -0.479 e. The fraction of sp³-hybridized carbons (Fsp3) is 0.300. The predicted octanol–water partition coefficient (Wildman–Crippen LogP) is 2.39. The Bertz CT molecular complexity index is 1230. The van der Waals surface area contributed by atoms with Gasteiger partial charge in [-0.2, -0.15) is 4.98 Å². The van der Waals surface area contributed by atoms with Crippen LogP contribution in [-0.4, -0.2) is 42.8 Å². The van der Waals surface area contributed by atoms with Crippen molar-refractivity contribution in [1.82, 2.24) is 24.6 Å². The molecule has 3 aromatic heterocycles. The highest BCUT2D eigenvalue weighted by molar-refractivity contribution is 5.89. The molecule has 0 saturated heterocycles. The molecule has 3 saturated carbocycles. The summed E-state index contributed by atoms with van der Waals surface area (Å²) in [5.41, 5.74) is 10.8. The third-order valence-electron chi connectivity index (χ3n) is 5.90. The van der Waals surface area contributed by atoms with Gasteiger partial charge in [0.2, 0.25) is 11.8 Å². The third kappa shape index (κ3) is 2.15. The van der Waals surface area contributed by atoms with Crippen molar-refractivity contribution in [2.45, 2.75) is 30.3 Å². The maximum Gasteiger partial charge on any atom is 0.244 e. The van der Waals surface area contributed by atoms with Gasteiger partial charge in [-0.05, 0) is 43.0 Å². The minimum atomic E-state index is 0.0286. The third-order valence-corrected chi connectivity index (χ3v) is 5.90. The first-order valence-corrected chi connectivity index (χ1v) is 9.28. The molecule has 3 fully saturated rings. The summed E-state index contributed by atoms with van der Waals surface area (Å²) in [6.07, 6.45) is 8.23. The SMILES string of the molecule is COc1nc(NC23CC(N)(C2)C3)nn2ccc(-c3ccc4nccnc4c3)c12.